The van der Waals surface area contributed by atoms with Crippen LogP contribution in [0.2, 0.25) is 0 Å². The number of likely N-dealkylation sites (tertiary alicyclic amines) is 1. The minimum atomic E-state index is -0.379. The van der Waals surface area contributed by atoms with E-state index in [1.54, 1.807) is 0 Å². The van der Waals surface area contributed by atoms with Gasteiger partial charge < -0.3 is 4.90 Å². The molecule has 3 heterocycles. The molecule has 5 rings (SSSR count). The summed E-state index contributed by atoms with van der Waals surface area (Å²) in [7, 11) is 0. The number of hydrogen-bond acceptors (Lipinski definition) is 5. The first-order valence-corrected chi connectivity index (χ1v) is 13.1. The van der Waals surface area contributed by atoms with Crippen molar-refractivity contribution in [1.82, 2.24) is 9.88 Å². The fourth-order valence-corrected chi connectivity index (χ4v) is 5.74. The Balaban J connectivity index is 1.30. The van der Waals surface area contributed by atoms with Gasteiger partial charge >= 0.3 is 0 Å². The van der Waals surface area contributed by atoms with Crippen LogP contribution in [0.25, 0.3) is 0 Å². The number of nitrogens with zero attached hydrogens (tertiary/aromatic N) is 4. The van der Waals surface area contributed by atoms with Crippen molar-refractivity contribution in [2.75, 3.05) is 0 Å². The van der Waals surface area contributed by atoms with E-state index in [-0.39, 0.29) is 42.0 Å². The summed E-state index contributed by atoms with van der Waals surface area (Å²) in [5.74, 6) is 0.473. The van der Waals surface area contributed by atoms with Crippen molar-refractivity contribution in [3.63, 3.8) is 0 Å². The summed E-state index contributed by atoms with van der Waals surface area (Å²) in [4.78, 5) is 33.3. The average Bonchev–Trinajstić information content (AvgIpc) is 3.14. The van der Waals surface area contributed by atoms with Crippen LogP contribution >= 0.6 is 15.9 Å². The van der Waals surface area contributed by atoms with Crippen LogP contribution in [0, 0.1) is 18.3 Å². The number of fused-ring (bicyclic) bond motifs is 1. The quantitative estimate of drug-likeness (QED) is 0.464. The molecule has 2 fully saturated rings. The molecule has 1 saturated carbocycles. The highest BCUT2D eigenvalue weighted by atomic mass is 79.9. The smallest absolute Gasteiger partial charge is 0.227 e. The van der Waals surface area contributed by atoms with Gasteiger partial charge in [0.15, 0.2) is 5.78 Å². The topological polar surface area (TPSA) is 75.0 Å². The van der Waals surface area contributed by atoms with Gasteiger partial charge in [-0.25, -0.2) is 4.98 Å². The maximum atomic E-state index is 13.6. The molecule has 3 aliphatic rings. The second kappa shape index (κ2) is 9.08. The second-order valence-electron chi connectivity index (χ2n) is 10.8. The molecule has 1 saturated heterocycles. The molecular formula is C28H31BrN4O2. The highest BCUT2D eigenvalue weighted by Crippen LogP contribution is 2.59. The van der Waals surface area contributed by atoms with Gasteiger partial charge in [0, 0.05) is 18.2 Å². The van der Waals surface area contributed by atoms with Gasteiger partial charge in [0.25, 0.3) is 0 Å². The van der Waals surface area contributed by atoms with E-state index in [2.05, 4.69) is 51.9 Å². The zero-order chi connectivity index (χ0) is 24.9. The number of halogens is 1. The van der Waals surface area contributed by atoms with Crippen LogP contribution in [0.1, 0.15) is 62.4 Å². The average molecular weight is 535 g/mol. The van der Waals surface area contributed by atoms with E-state index >= 15 is 0 Å². The Kier molecular flexibility index (Phi) is 6.24. The van der Waals surface area contributed by atoms with Gasteiger partial charge in [-0.2, -0.15) is 10.2 Å². The van der Waals surface area contributed by atoms with E-state index in [4.69, 9.17) is 0 Å². The summed E-state index contributed by atoms with van der Waals surface area (Å²) < 4.78 is 0.720. The van der Waals surface area contributed by atoms with Crippen LogP contribution in [0.15, 0.2) is 51.2 Å². The summed E-state index contributed by atoms with van der Waals surface area (Å²) in [5.41, 5.74) is 5.81. The molecule has 1 aromatic heterocycles. The van der Waals surface area contributed by atoms with Crippen molar-refractivity contribution in [3.8, 4) is 0 Å². The Hall–Kier alpha value is -2.67. The number of piperidine rings is 1. The number of aromatic nitrogens is 1. The monoisotopic (exact) mass is 534 g/mol. The summed E-state index contributed by atoms with van der Waals surface area (Å²) in [5, 5.41) is 8.71. The van der Waals surface area contributed by atoms with Crippen LogP contribution < -0.4 is 0 Å². The first-order valence-electron chi connectivity index (χ1n) is 12.3. The van der Waals surface area contributed by atoms with Gasteiger partial charge in [0.2, 0.25) is 5.91 Å². The third-order valence-electron chi connectivity index (χ3n) is 7.73. The lowest BCUT2D eigenvalue weighted by Crippen LogP contribution is -2.44. The number of carbonyl (C=O) groups is 2. The first kappa shape index (κ1) is 24.0. The molecular weight excluding hydrogens is 504 g/mol. The summed E-state index contributed by atoms with van der Waals surface area (Å²) in [6, 6.07) is 11.7. The summed E-state index contributed by atoms with van der Waals surface area (Å²) >= 11 is 3.40. The first-order chi connectivity index (χ1) is 16.6. The largest absolute Gasteiger partial charge is 0.329 e. The van der Waals surface area contributed by atoms with Crippen molar-refractivity contribution in [2.24, 2.45) is 21.5 Å². The summed E-state index contributed by atoms with van der Waals surface area (Å²) in [6.45, 7) is 8.41. The number of rotatable bonds is 7. The molecule has 182 valence electrons. The molecule has 0 bridgehead atoms. The number of benzene rings is 1. The molecule has 0 spiro atoms. The van der Waals surface area contributed by atoms with Crippen LogP contribution in [0.4, 0.5) is 0 Å². The zero-order valence-electron chi connectivity index (χ0n) is 20.7. The van der Waals surface area contributed by atoms with Crippen molar-refractivity contribution in [1.29, 1.82) is 0 Å². The number of pyridine rings is 1. The lowest BCUT2D eigenvalue weighted by atomic mass is 9.95. The molecule has 0 radical (unpaired) electrons. The standard InChI is InChI=1S/C28H31BrN4O2/c1-16(2)20-12-22(32-31-20)19-7-5-6-18(10-19)11-27(35)33-23(14-28(4)15-25(28)33)24(34)13-21-17(3)8-9-26(29)30-21/h5-10,16,23,25H,11-15H2,1-4H3/t23-,25+,28-/m0/s1. The predicted molar refractivity (Wildman–Crippen MR) is 141 cm³/mol. The van der Waals surface area contributed by atoms with Gasteiger partial charge in [-0.05, 0) is 75.9 Å². The Morgan fingerprint density at radius 2 is 1.94 bits per heavy atom. The Bertz CT molecular complexity index is 1270. The van der Waals surface area contributed by atoms with Gasteiger partial charge in [-0.15, -0.1) is 0 Å². The van der Waals surface area contributed by atoms with E-state index in [0.29, 0.717) is 5.92 Å². The Labute approximate surface area is 215 Å². The predicted octanol–water partition coefficient (Wildman–Crippen LogP) is 5.09. The number of ketones is 1. The van der Waals surface area contributed by atoms with Crippen molar-refractivity contribution in [3.05, 3.63) is 63.4 Å². The normalized spacial score (nSPS) is 24.9. The number of carbonyl (C=O) groups excluding carboxylic acids is 2. The lowest BCUT2D eigenvalue weighted by Gasteiger charge is -2.27. The number of amides is 1. The Morgan fingerprint density at radius 1 is 1.14 bits per heavy atom. The molecule has 0 N–H and O–H groups in total. The van der Waals surface area contributed by atoms with Crippen LogP contribution in [0.3, 0.4) is 0 Å². The van der Waals surface area contributed by atoms with Crippen LogP contribution in [-0.2, 0) is 22.4 Å². The fourth-order valence-electron chi connectivity index (χ4n) is 5.39. The summed E-state index contributed by atoms with van der Waals surface area (Å²) in [6.07, 6.45) is 2.99. The number of Topliss-reactive ketones (excluding diaryl/α,β-unsaturated/α-hetero) is 1. The SMILES string of the molecule is Cc1ccc(Br)nc1CC(=O)[C@@H]1C[C@@]2(C)C[C@H]2N1C(=O)Cc1cccc(C2=NN=C(C(C)C)C2)c1. The fraction of sp³-hybridized carbons (Fsp3) is 0.464. The second-order valence-corrected chi connectivity index (χ2v) is 11.6. The molecule has 3 atom stereocenters. The molecule has 1 aliphatic carbocycles. The minimum absolute atomic E-state index is 0.0260. The molecule has 6 nitrogen and oxygen atoms in total. The zero-order valence-corrected chi connectivity index (χ0v) is 22.3. The van der Waals surface area contributed by atoms with Crippen molar-refractivity contribution in [2.45, 2.75) is 71.9 Å². The number of aryl methyl sites for hydroxylation is 1. The highest BCUT2D eigenvalue weighted by Gasteiger charge is 2.64. The maximum Gasteiger partial charge on any atom is 0.227 e. The molecule has 35 heavy (non-hydrogen) atoms. The van der Waals surface area contributed by atoms with Gasteiger partial charge in [-0.3, -0.25) is 9.59 Å². The molecule has 2 aliphatic heterocycles. The van der Waals surface area contributed by atoms with E-state index in [0.717, 1.165) is 57.7 Å². The van der Waals surface area contributed by atoms with Gasteiger partial charge in [0.1, 0.15) is 4.60 Å². The van der Waals surface area contributed by atoms with Crippen LogP contribution in [0.5, 0.6) is 0 Å². The van der Waals surface area contributed by atoms with Crippen LogP contribution in [-0.4, -0.2) is 45.1 Å². The molecule has 1 amide bonds. The number of hydrogen-bond donors (Lipinski definition) is 0. The molecule has 1 aromatic carbocycles. The minimum Gasteiger partial charge on any atom is -0.329 e. The highest BCUT2D eigenvalue weighted by molar-refractivity contribution is 9.10. The Morgan fingerprint density at radius 3 is 2.69 bits per heavy atom. The lowest BCUT2D eigenvalue weighted by molar-refractivity contribution is -0.138. The van der Waals surface area contributed by atoms with Gasteiger partial charge in [0.05, 0.1) is 30.3 Å². The van der Waals surface area contributed by atoms with E-state index in [1.807, 2.05) is 48.2 Å². The third kappa shape index (κ3) is 4.75. The van der Waals surface area contributed by atoms with E-state index in [9.17, 15) is 9.59 Å². The molecule has 0 unspecified atom stereocenters. The molecule has 2 aromatic rings. The van der Waals surface area contributed by atoms with Crippen molar-refractivity contribution >= 4 is 39.0 Å². The molecule has 7 heteroatoms. The van der Waals surface area contributed by atoms with E-state index < -0.39 is 0 Å². The van der Waals surface area contributed by atoms with Crippen molar-refractivity contribution < 1.29 is 9.59 Å². The van der Waals surface area contributed by atoms with Gasteiger partial charge in [-0.1, -0.05) is 45.0 Å². The maximum absolute atomic E-state index is 13.6. The van der Waals surface area contributed by atoms with E-state index in [1.165, 1.54) is 0 Å². The third-order valence-corrected chi connectivity index (χ3v) is 8.18.